The number of imidazole rings is 1. The Kier molecular flexibility index (Phi) is 5.14. The lowest BCUT2D eigenvalue weighted by molar-refractivity contribution is 0.252. The molecule has 24 heavy (non-hydrogen) atoms. The molecule has 0 unspecified atom stereocenters. The monoisotopic (exact) mass is 322 g/mol. The Morgan fingerprint density at radius 2 is 2.04 bits per heavy atom. The maximum absolute atomic E-state index is 11.9. The molecule has 0 spiro atoms. The number of nitrogens with one attached hydrogen (secondary N) is 2. The van der Waals surface area contributed by atoms with Crippen molar-refractivity contribution in [1.29, 1.82) is 0 Å². The number of hydrogen-bond donors (Lipinski definition) is 2. The first-order chi connectivity index (χ1) is 11.8. The molecule has 3 rings (SSSR count). The molecule has 2 heterocycles. The molecule has 7 nitrogen and oxygen atoms in total. The van der Waals surface area contributed by atoms with Gasteiger partial charge in [-0.25, -0.2) is 19.7 Å². The minimum atomic E-state index is -0.279. The number of aryl methyl sites for hydroxylation is 1. The number of anilines is 1. The van der Waals surface area contributed by atoms with Crippen molar-refractivity contribution in [3.63, 3.8) is 0 Å². The van der Waals surface area contributed by atoms with E-state index < -0.39 is 0 Å². The number of nitrogens with zero attached hydrogens (tertiary/aromatic N) is 4. The molecule has 0 fully saturated rings. The number of carbonyl (C=O) groups is 1. The Morgan fingerprint density at radius 1 is 1.17 bits per heavy atom. The molecule has 122 valence electrons. The smallest absolute Gasteiger partial charge is 0.320 e. The minimum Gasteiger partial charge on any atom is -0.338 e. The first-order valence-electron chi connectivity index (χ1n) is 7.70. The van der Waals surface area contributed by atoms with E-state index in [-0.39, 0.29) is 6.03 Å². The van der Waals surface area contributed by atoms with Crippen LogP contribution in [0.1, 0.15) is 12.0 Å². The zero-order valence-corrected chi connectivity index (χ0v) is 13.1. The van der Waals surface area contributed by atoms with E-state index in [4.69, 9.17) is 0 Å². The van der Waals surface area contributed by atoms with Crippen molar-refractivity contribution in [3.8, 4) is 5.82 Å². The normalized spacial score (nSPS) is 10.3. The molecule has 0 radical (unpaired) electrons. The summed E-state index contributed by atoms with van der Waals surface area (Å²) in [4.78, 5) is 24.1. The standard InChI is InChI=1S/C17H18N6O/c24-17(19-8-4-7-14-5-2-1-3-6-14)22-15-11-16(21-12-20-15)23-10-9-18-13-23/h1-3,5-6,9-13H,4,7-8H2,(H2,19,20,21,22,24). The third kappa shape index (κ3) is 4.39. The number of benzene rings is 1. The van der Waals surface area contributed by atoms with E-state index in [1.807, 2.05) is 18.2 Å². The second-order valence-electron chi connectivity index (χ2n) is 5.20. The highest BCUT2D eigenvalue weighted by Crippen LogP contribution is 2.08. The van der Waals surface area contributed by atoms with Crippen molar-refractivity contribution in [1.82, 2.24) is 24.8 Å². The molecule has 2 aromatic heterocycles. The summed E-state index contributed by atoms with van der Waals surface area (Å²) in [6, 6.07) is 11.6. The van der Waals surface area contributed by atoms with E-state index in [9.17, 15) is 4.79 Å². The Balaban J connectivity index is 1.46. The quantitative estimate of drug-likeness (QED) is 0.683. The average Bonchev–Trinajstić information content (AvgIpc) is 3.15. The molecule has 0 saturated carbocycles. The summed E-state index contributed by atoms with van der Waals surface area (Å²) in [6.07, 6.45) is 8.28. The number of hydrogen-bond acceptors (Lipinski definition) is 4. The van der Waals surface area contributed by atoms with Crippen LogP contribution in [0.5, 0.6) is 0 Å². The molecule has 7 heteroatoms. The van der Waals surface area contributed by atoms with E-state index >= 15 is 0 Å². The molecule has 2 N–H and O–H groups in total. The molecule has 0 aliphatic heterocycles. The molecular formula is C17H18N6O. The predicted octanol–water partition coefficient (Wildman–Crippen LogP) is 2.42. The number of aromatic nitrogens is 4. The lowest BCUT2D eigenvalue weighted by atomic mass is 10.1. The van der Waals surface area contributed by atoms with Crippen molar-refractivity contribution < 1.29 is 4.79 Å². The molecule has 0 aliphatic carbocycles. The summed E-state index contributed by atoms with van der Waals surface area (Å²) in [5, 5.41) is 5.53. The van der Waals surface area contributed by atoms with Gasteiger partial charge in [0.05, 0.1) is 0 Å². The fraction of sp³-hybridized carbons (Fsp3) is 0.176. The molecule has 0 aliphatic rings. The molecule has 0 saturated heterocycles. The van der Waals surface area contributed by atoms with Crippen LogP contribution >= 0.6 is 0 Å². The summed E-state index contributed by atoms with van der Waals surface area (Å²) in [7, 11) is 0. The third-order valence-electron chi connectivity index (χ3n) is 3.43. The van der Waals surface area contributed by atoms with Gasteiger partial charge in [-0.05, 0) is 18.4 Å². The van der Waals surface area contributed by atoms with E-state index in [0.29, 0.717) is 18.2 Å². The maximum atomic E-state index is 11.9. The lowest BCUT2D eigenvalue weighted by Gasteiger charge is -2.08. The van der Waals surface area contributed by atoms with Crippen molar-refractivity contribution >= 4 is 11.8 Å². The largest absolute Gasteiger partial charge is 0.338 e. The van der Waals surface area contributed by atoms with Gasteiger partial charge in [-0.3, -0.25) is 9.88 Å². The van der Waals surface area contributed by atoms with Crippen LogP contribution < -0.4 is 10.6 Å². The summed E-state index contributed by atoms with van der Waals surface area (Å²) in [6.45, 7) is 0.597. The van der Waals surface area contributed by atoms with Crippen LogP contribution in [0.4, 0.5) is 10.6 Å². The van der Waals surface area contributed by atoms with Gasteiger partial charge in [-0.15, -0.1) is 0 Å². The summed E-state index contributed by atoms with van der Waals surface area (Å²) in [5.74, 6) is 1.08. The zero-order chi connectivity index (χ0) is 16.6. The van der Waals surface area contributed by atoms with Crippen molar-refractivity contribution in [3.05, 3.63) is 67.0 Å². The first kappa shape index (κ1) is 15.7. The van der Waals surface area contributed by atoms with E-state index in [1.165, 1.54) is 11.9 Å². The molecule has 1 aromatic carbocycles. The van der Waals surface area contributed by atoms with Gasteiger partial charge in [0.2, 0.25) is 0 Å². The SMILES string of the molecule is O=C(NCCCc1ccccc1)Nc1cc(-n2ccnc2)ncn1. The Bertz CT molecular complexity index is 773. The van der Waals surface area contributed by atoms with E-state index in [1.54, 1.807) is 29.4 Å². The highest BCUT2D eigenvalue weighted by Gasteiger charge is 2.05. The number of rotatable bonds is 6. The summed E-state index contributed by atoms with van der Waals surface area (Å²) < 4.78 is 1.74. The second kappa shape index (κ2) is 7.87. The molecule has 2 amide bonds. The van der Waals surface area contributed by atoms with Gasteiger partial charge >= 0.3 is 6.03 Å². The van der Waals surface area contributed by atoms with Crippen molar-refractivity contribution in [2.75, 3.05) is 11.9 Å². The predicted molar refractivity (Wildman–Crippen MR) is 90.9 cm³/mol. The number of urea groups is 1. The van der Waals surface area contributed by atoms with Crippen molar-refractivity contribution in [2.24, 2.45) is 0 Å². The molecular weight excluding hydrogens is 304 g/mol. The topological polar surface area (TPSA) is 84.7 Å². The molecule has 3 aromatic rings. The maximum Gasteiger partial charge on any atom is 0.320 e. The fourth-order valence-corrected chi connectivity index (χ4v) is 2.25. The Labute approximate surface area is 139 Å². The van der Waals surface area contributed by atoms with Gasteiger partial charge in [0.1, 0.15) is 24.3 Å². The van der Waals surface area contributed by atoms with E-state index in [0.717, 1.165) is 12.8 Å². The first-order valence-corrected chi connectivity index (χ1v) is 7.70. The highest BCUT2D eigenvalue weighted by atomic mass is 16.2. The Morgan fingerprint density at radius 3 is 2.83 bits per heavy atom. The van der Waals surface area contributed by atoms with Crippen LogP contribution in [0, 0.1) is 0 Å². The van der Waals surface area contributed by atoms with Gasteiger partial charge < -0.3 is 5.32 Å². The summed E-state index contributed by atoms with van der Waals surface area (Å²) >= 11 is 0. The van der Waals surface area contributed by atoms with Crippen LogP contribution in [0.3, 0.4) is 0 Å². The molecule has 0 atom stereocenters. The third-order valence-corrected chi connectivity index (χ3v) is 3.43. The van der Waals surface area contributed by atoms with Crippen LogP contribution in [0.15, 0.2) is 61.4 Å². The van der Waals surface area contributed by atoms with Crippen LogP contribution in [-0.4, -0.2) is 32.1 Å². The van der Waals surface area contributed by atoms with Gasteiger partial charge in [0.25, 0.3) is 0 Å². The second-order valence-corrected chi connectivity index (χ2v) is 5.20. The van der Waals surface area contributed by atoms with Gasteiger partial charge in [0, 0.05) is 25.0 Å². The number of carbonyl (C=O) groups excluding carboxylic acids is 1. The highest BCUT2D eigenvalue weighted by molar-refractivity contribution is 5.88. The van der Waals surface area contributed by atoms with Gasteiger partial charge in [0.15, 0.2) is 0 Å². The summed E-state index contributed by atoms with van der Waals surface area (Å²) in [5.41, 5.74) is 1.26. The lowest BCUT2D eigenvalue weighted by Crippen LogP contribution is -2.30. The Hall–Kier alpha value is -3.22. The van der Waals surface area contributed by atoms with Crippen LogP contribution in [0.2, 0.25) is 0 Å². The van der Waals surface area contributed by atoms with E-state index in [2.05, 4.69) is 37.7 Å². The molecule has 0 bridgehead atoms. The average molecular weight is 322 g/mol. The van der Waals surface area contributed by atoms with Gasteiger partial charge in [-0.1, -0.05) is 30.3 Å². The van der Waals surface area contributed by atoms with Gasteiger partial charge in [-0.2, -0.15) is 0 Å². The number of amides is 2. The minimum absolute atomic E-state index is 0.279. The van der Waals surface area contributed by atoms with Crippen molar-refractivity contribution in [2.45, 2.75) is 12.8 Å². The van der Waals surface area contributed by atoms with Crippen LogP contribution in [-0.2, 0) is 6.42 Å². The zero-order valence-electron chi connectivity index (χ0n) is 13.1. The van der Waals surface area contributed by atoms with Crippen LogP contribution in [0.25, 0.3) is 5.82 Å². The fourth-order valence-electron chi connectivity index (χ4n) is 2.25.